The fourth-order valence-electron chi connectivity index (χ4n) is 5.07. The third-order valence-corrected chi connectivity index (χ3v) is 8.28. The Morgan fingerprint density at radius 3 is 2.55 bits per heavy atom. The highest BCUT2D eigenvalue weighted by Gasteiger charge is 2.29. The Hall–Kier alpha value is -3.68. The van der Waals surface area contributed by atoms with E-state index in [2.05, 4.69) is 28.1 Å². The molecule has 0 aliphatic carbocycles. The number of amides is 1. The summed E-state index contributed by atoms with van der Waals surface area (Å²) in [5.74, 6) is -0.127. The second-order valence-corrected chi connectivity index (χ2v) is 10.8. The Labute approximate surface area is 233 Å². The van der Waals surface area contributed by atoms with Crippen molar-refractivity contribution < 1.29 is 4.79 Å². The van der Waals surface area contributed by atoms with Gasteiger partial charge in [0.25, 0.3) is 11.5 Å². The molecule has 6 nitrogen and oxygen atoms in total. The van der Waals surface area contributed by atoms with Crippen LogP contribution in [0.2, 0.25) is 5.02 Å². The monoisotopic (exact) mass is 586 g/mol. The molecule has 0 saturated carbocycles. The summed E-state index contributed by atoms with van der Waals surface area (Å²) in [6.45, 7) is 2.75. The lowest BCUT2D eigenvalue weighted by molar-refractivity contribution is 0.0729. The van der Waals surface area contributed by atoms with Crippen LogP contribution in [0.4, 0.5) is 0 Å². The summed E-state index contributed by atoms with van der Waals surface area (Å²) in [5, 5.41) is 5.24. The smallest absolute Gasteiger partial charge is 0.261 e. The second-order valence-electron chi connectivity index (χ2n) is 9.57. The number of fused-ring (bicyclic) bond motifs is 3. The molecule has 8 heteroatoms. The van der Waals surface area contributed by atoms with Crippen LogP contribution in [0.25, 0.3) is 11.3 Å². The van der Waals surface area contributed by atoms with E-state index in [9.17, 15) is 9.59 Å². The van der Waals surface area contributed by atoms with Crippen LogP contribution in [-0.4, -0.2) is 31.5 Å². The number of hydrogen-bond donors (Lipinski definition) is 0. The molecule has 0 atom stereocenters. The Bertz CT molecular complexity index is 1740. The van der Waals surface area contributed by atoms with Crippen molar-refractivity contribution in [3.05, 3.63) is 132 Å². The third kappa shape index (κ3) is 4.36. The lowest BCUT2D eigenvalue weighted by Gasteiger charge is -2.30. The SMILES string of the molecule is Cc1ccc(-n2c(=O)c3c(n4ncc(Cc5ccccc5)c24)CN(C(=O)c2ccc(Br)c(Cl)c2)CC3)cc1. The summed E-state index contributed by atoms with van der Waals surface area (Å²) < 4.78 is 4.36. The maximum atomic E-state index is 14.0. The normalized spacial score (nSPS) is 13.1. The minimum absolute atomic E-state index is 0.0649. The summed E-state index contributed by atoms with van der Waals surface area (Å²) in [6, 6.07) is 23.3. The van der Waals surface area contributed by atoms with Gasteiger partial charge in [-0.05, 0) is 65.2 Å². The molecule has 38 heavy (non-hydrogen) atoms. The van der Waals surface area contributed by atoms with E-state index in [1.165, 1.54) is 0 Å². The van der Waals surface area contributed by atoms with Gasteiger partial charge in [0, 0.05) is 34.1 Å². The predicted octanol–water partition coefficient (Wildman–Crippen LogP) is 6.00. The van der Waals surface area contributed by atoms with E-state index in [4.69, 9.17) is 16.7 Å². The summed E-state index contributed by atoms with van der Waals surface area (Å²) in [6.07, 6.45) is 2.91. The first-order chi connectivity index (χ1) is 18.4. The van der Waals surface area contributed by atoms with Gasteiger partial charge in [0.15, 0.2) is 0 Å². The number of carbonyl (C=O) groups is 1. The molecular formula is C30H24BrClN4O2. The van der Waals surface area contributed by atoms with Crippen LogP contribution in [0.1, 0.15) is 38.3 Å². The van der Waals surface area contributed by atoms with E-state index in [0.717, 1.165) is 38.2 Å². The van der Waals surface area contributed by atoms with Gasteiger partial charge in [0.1, 0.15) is 5.65 Å². The lowest BCUT2D eigenvalue weighted by atomic mass is 10.0. The number of carbonyl (C=O) groups excluding carboxylic acids is 1. The quantitative estimate of drug-likeness (QED) is 0.259. The maximum Gasteiger partial charge on any atom is 0.261 e. The molecule has 5 aromatic rings. The van der Waals surface area contributed by atoms with Crippen molar-refractivity contribution >= 4 is 39.1 Å². The van der Waals surface area contributed by atoms with E-state index in [-0.39, 0.29) is 18.0 Å². The molecule has 0 bridgehead atoms. The van der Waals surface area contributed by atoms with Crippen molar-refractivity contribution in [2.45, 2.75) is 26.3 Å². The fraction of sp³-hybridized carbons (Fsp3) is 0.167. The summed E-state index contributed by atoms with van der Waals surface area (Å²) in [4.78, 5) is 29.2. The number of rotatable bonds is 4. The van der Waals surface area contributed by atoms with E-state index >= 15 is 0 Å². The number of aromatic nitrogens is 3. The Morgan fingerprint density at radius 2 is 1.82 bits per heavy atom. The van der Waals surface area contributed by atoms with E-state index < -0.39 is 0 Å². The number of aryl methyl sites for hydroxylation is 1. The molecule has 0 saturated heterocycles. The van der Waals surface area contributed by atoms with Crippen molar-refractivity contribution in [1.82, 2.24) is 19.1 Å². The molecule has 0 unspecified atom stereocenters. The van der Waals surface area contributed by atoms with Gasteiger partial charge in [-0.1, -0.05) is 59.6 Å². The molecule has 190 valence electrons. The molecular weight excluding hydrogens is 564 g/mol. The second kappa shape index (κ2) is 9.89. The molecule has 0 radical (unpaired) electrons. The number of hydrogen-bond acceptors (Lipinski definition) is 3. The van der Waals surface area contributed by atoms with Gasteiger partial charge in [-0.15, -0.1) is 0 Å². The molecule has 2 aromatic heterocycles. The van der Waals surface area contributed by atoms with Gasteiger partial charge >= 0.3 is 0 Å². The van der Waals surface area contributed by atoms with Crippen molar-refractivity contribution in [1.29, 1.82) is 0 Å². The lowest BCUT2D eigenvalue weighted by Crippen LogP contribution is -2.41. The number of benzene rings is 3. The van der Waals surface area contributed by atoms with Crippen molar-refractivity contribution in [2.24, 2.45) is 0 Å². The van der Waals surface area contributed by atoms with Crippen molar-refractivity contribution in [3.8, 4) is 5.69 Å². The molecule has 3 aromatic carbocycles. The molecule has 1 aliphatic heterocycles. The molecule has 1 amide bonds. The highest BCUT2D eigenvalue weighted by atomic mass is 79.9. The van der Waals surface area contributed by atoms with Crippen LogP contribution in [0.5, 0.6) is 0 Å². The van der Waals surface area contributed by atoms with Gasteiger partial charge in [-0.2, -0.15) is 5.10 Å². The predicted molar refractivity (Wildman–Crippen MR) is 152 cm³/mol. The van der Waals surface area contributed by atoms with Gasteiger partial charge in [0.05, 0.1) is 29.1 Å². The first-order valence-electron chi connectivity index (χ1n) is 12.4. The zero-order valence-corrected chi connectivity index (χ0v) is 23.0. The van der Waals surface area contributed by atoms with Crippen LogP contribution < -0.4 is 5.56 Å². The molecule has 3 heterocycles. The van der Waals surface area contributed by atoms with Crippen LogP contribution >= 0.6 is 27.5 Å². The van der Waals surface area contributed by atoms with Crippen molar-refractivity contribution in [2.75, 3.05) is 6.54 Å². The molecule has 0 spiro atoms. The van der Waals surface area contributed by atoms with Gasteiger partial charge in [-0.25, -0.2) is 4.52 Å². The van der Waals surface area contributed by atoms with Gasteiger partial charge in [-0.3, -0.25) is 14.2 Å². The Morgan fingerprint density at radius 1 is 1.05 bits per heavy atom. The van der Waals surface area contributed by atoms with Crippen molar-refractivity contribution in [3.63, 3.8) is 0 Å². The first kappa shape index (κ1) is 24.6. The zero-order valence-electron chi connectivity index (χ0n) is 20.7. The molecule has 0 N–H and O–H groups in total. The van der Waals surface area contributed by atoms with Crippen LogP contribution in [0.15, 0.2) is 88.3 Å². The Balaban J connectivity index is 1.49. The largest absolute Gasteiger partial charge is 0.332 e. The number of halogens is 2. The molecule has 6 rings (SSSR count). The maximum absolute atomic E-state index is 14.0. The number of nitrogens with zero attached hydrogens (tertiary/aromatic N) is 4. The topological polar surface area (TPSA) is 59.6 Å². The third-order valence-electron chi connectivity index (χ3n) is 7.05. The van der Waals surface area contributed by atoms with Gasteiger partial charge < -0.3 is 4.90 Å². The van der Waals surface area contributed by atoms with Crippen LogP contribution in [-0.2, 0) is 19.4 Å². The first-order valence-corrected chi connectivity index (χ1v) is 13.6. The fourth-order valence-corrected chi connectivity index (χ4v) is 5.50. The minimum atomic E-state index is -0.127. The highest BCUT2D eigenvalue weighted by molar-refractivity contribution is 9.10. The van der Waals surface area contributed by atoms with Crippen LogP contribution in [0.3, 0.4) is 0 Å². The molecule has 0 fully saturated rings. The van der Waals surface area contributed by atoms with Crippen LogP contribution in [0, 0.1) is 6.92 Å². The average molecular weight is 588 g/mol. The van der Waals surface area contributed by atoms with E-state index in [1.807, 2.05) is 60.1 Å². The summed E-state index contributed by atoms with van der Waals surface area (Å²) in [5.41, 5.74) is 6.60. The average Bonchev–Trinajstić information content (AvgIpc) is 3.34. The molecule has 1 aliphatic rings. The standard InChI is InChI=1S/C30H24BrClN4O2/c1-19-7-10-23(11-8-19)35-28-22(15-20-5-3-2-4-6-20)17-33-36(28)27-18-34(14-13-24(27)30(35)38)29(37)21-9-12-25(31)26(32)16-21/h2-12,16-17H,13-15,18H2,1H3. The Kier molecular flexibility index (Phi) is 6.41. The summed E-state index contributed by atoms with van der Waals surface area (Å²) in [7, 11) is 0. The van der Waals surface area contributed by atoms with E-state index in [1.54, 1.807) is 27.7 Å². The minimum Gasteiger partial charge on any atom is -0.332 e. The zero-order chi connectivity index (χ0) is 26.4. The van der Waals surface area contributed by atoms with Gasteiger partial charge in [0.2, 0.25) is 0 Å². The van der Waals surface area contributed by atoms with E-state index in [0.29, 0.717) is 35.5 Å². The summed E-state index contributed by atoms with van der Waals surface area (Å²) >= 11 is 9.64. The highest BCUT2D eigenvalue weighted by Crippen LogP contribution is 2.27.